The van der Waals surface area contributed by atoms with Gasteiger partial charge in [0, 0.05) is 24.0 Å². The average molecular weight is 218 g/mol. The van der Waals surface area contributed by atoms with Gasteiger partial charge in [0.1, 0.15) is 6.10 Å². The van der Waals surface area contributed by atoms with Crippen LogP contribution in [0.5, 0.6) is 0 Å². The third-order valence-electron chi connectivity index (χ3n) is 1.70. The number of esters is 1. The summed E-state index contributed by atoms with van der Waals surface area (Å²) in [6.07, 6.45) is 2.16. The molecule has 4 heteroatoms. The Labute approximate surface area is 87.5 Å². The second-order valence-electron chi connectivity index (χ2n) is 2.86. The van der Waals surface area contributed by atoms with Crippen LogP contribution in [0.2, 0.25) is 0 Å². The van der Waals surface area contributed by atoms with Gasteiger partial charge in [-0.05, 0) is 6.92 Å². The first-order valence-electron chi connectivity index (χ1n) is 4.28. The topological polar surface area (TPSA) is 26.3 Å². The molecule has 2 nitrogen and oxygen atoms in total. The summed E-state index contributed by atoms with van der Waals surface area (Å²) in [5.41, 5.74) is 0. The Morgan fingerprint density at radius 1 is 1.69 bits per heavy atom. The van der Waals surface area contributed by atoms with Crippen LogP contribution in [-0.4, -0.2) is 28.2 Å². The molecular weight excluding hydrogens is 204 g/mol. The van der Waals surface area contributed by atoms with Crippen LogP contribution >= 0.6 is 23.5 Å². The Kier molecular flexibility index (Phi) is 4.73. The van der Waals surface area contributed by atoms with E-state index in [0.29, 0.717) is 4.58 Å². The maximum absolute atomic E-state index is 10.8. The maximum Gasteiger partial charge on any atom is 0.330 e. The molecular formula is C9H14O2S2. The van der Waals surface area contributed by atoms with Gasteiger partial charge in [-0.3, -0.25) is 0 Å². The zero-order valence-corrected chi connectivity index (χ0v) is 9.33. The highest BCUT2D eigenvalue weighted by atomic mass is 32.2. The number of ether oxygens (including phenoxy) is 1. The fourth-order valence-electron chi connectivity index (χ4n) is 1.11. The SMILES string of the molecule is C=CC(=O)OC(C)CC1SCCS1. The van der Waals surface area contributed by atoms with Crippen molar-refractivity contribution in [2.75, 3.05) is 11.5 Å². The molecule has 0 spiro atoms. The molecule has 0 amide bonds. The highest BCUT2D eigenvalue weighted by Gasteiger charge is 2.20. The van der Waals surface area contributed by atoms with Gasteiger partial charge in [0.2, 0.25) is 0 Å². The van der Waals surface area contributed by atoms with Crippen LogP contribution in [0, 0.1) is 0 Å². The molecule has 0 aromatic carbocycles. The highest BCUT2D eigenvalue weighted by molar-refractivity contribution is 8.20. The van der Waals surface area contributed by atoms with E-state index >= 15 is 0 Å². The monoisotopic (exact) mass is 218 g/mol. The van der Waals surface area contributed by atoms with Gasteiger partial charge in [0.15, 0.2) is 0 Å². The van der Waals surface area contributed by atoms with Gasteiger partial charge < -0.3 is 4.74 Å². The van der Waals surface area contributed by atoms with Crippen molar-refractivity contribution in [3.05, 3.63) is 12.7 Å². The van der Waals surface area contributed by atoms with E-state index in [4.69, 9.17) is 4.74 Å². The van der Waals surface area contributed by atoms with Gasteiger partial charge in [-0.15, -0.1) is 23.5 Å². The predicted molar refractivity (Wildman–Crippen MR) is 59.1 cm³/mol. The largest absolute Gasteiger partial charge is 0.459 e. The van der Waals surface area contributed by atoms with Crippen molar-refractivity contribution in [2.45, 2.75) is 24.0 Å². The third-order valence-corrected chi connectivity index (χ3v) is 4.78. The van der Waals surface area contributed by atoms with Crippen LogP contribution in [0.3, 0.4) is 0 Å². The minimum absolute atomic E-state index is 0.00796. The Balaban J connectivity index is 2.19. The smallest absolute Gasteiger partial charge is 0.330 e. The summed E-state index contributed by atoms with van der Waals surface area (Å²) in [5, 5.41) is 0. The van der Waals surface area contributed by atoms with Crippen molar-refractivity contribution in [3.63, 3.8) is 0 Å². The molecule has 0 saturated carbocycles. The van der Waals surface area contributed by atoms with Crippen LogP contribution in [0.4, 0.5) is 0 Å². The summed E-state index contributed by atoms with van der Waals surface area (Å²) in [4.78, 5) is 10.8. The lowest BCUT2D eigenvalue weighted by molar-refractivity contribution is -0.142. The summed E-state index contributed by atoms with van der Waals surface area (Å²) in [7, 11) is 0. The number of thioether (sulfide) groups is 2. The molecule has 1 atom stereocenters. The minimum atomic E-state index is -0.319. The molecule has 0 bridgehead atoms. The van der Waals surface area contributed by atoms with Gasteiger partial charge in [-0.2, -0.15) is 0 Å². The Hall–Kier alpha value is -0.0900. The first-order valence-corrected chi connectivity index (χ1v) is 6.38. The molecule has 0 N–H and O–H groups in total. The van der Waals surface area contributed by atoms with E-state index in [-0.39, 0.29) is 12.1 Å². The standard InChI is InChI=1S/C9H14O2S2/c1-3-8(10)11-7(2)6-9-12-4-5-13-9/h3,7,9H,1,4-6H2,2H3. The lowest BCUT2D eigenvalue weighted by Crippen LogP contribution is -2.16. The number of carbonyl (C=O) groups is 1. The van der Waals surface area contributed by atoms with Gasteiger partial charge in [0.25, 0.3) is 0 Å². The molecule has 0 aromatic heterocycles. The first kappa shape index (κ1) is 11.0. The number of hydrogen-bond acceptors (Lipinski definition) is 4. The summed E-state index contributed by atoms with van der Waals surface area (Å²) in [5.74, 6) is 2.12. The van der Waals surface area contributed by atoms with Crippen LogP contribution in [0.15, 0.2) is 12.7 Å². The van der Waals surface area contributed by atoms with Crippen LogP contribution in [0.25, 0.3) is 0 Å². The molecule has 1 heterocycles. The van der Waals surface area contributed by atoms with E-state index in [9.17, 15) is 4.79 Å². The third kappa shape index (κ3) is 4.09. The molecule has 1 aliphatic rings. The second kappa shape index (κ2) is 5.60. The summed E-state index contributed by atoms with van der Waals surface area (Å²) in [6, 6.07) is 0. The van der Waals surface area contributed by atoms with Gasteiger partial charge in [-0.25, -0.2) is 4.79 Å². The molecule has 1 unspecified atom stereocenters. The average Bonchev–Trinajstić information content (AvgIpc) is 2.56. The van der Waals surface area contributed by atoms with Crippen molar-refractivity contribution in [1.29, 1.82) is 0 Å². The number of rotatable bonds is 4. The van der Waals surface area contributed by atoms with E-state index in [1.165, 1.54) is 17.6 Å². The van der Waals surface area contributed by atoms with Crippen LogP contribution < -0.4 is 0 Å². The fraction of sp³-hybridized carbons (Fsp3) is 0.667. The molecule has 0 aliphatic carbocycles. The second-order valence-corrected chi connectivity index (χ2v) is 5.78. The molecule has 1 saturated heterocycles. The van der Waals surface area contributed by atoms with Gasteiger partial charge in [-0.1, -0.05) is 6.58 Å². The normalized spacial score (nSPS) is 19.8. The van der Waals surface area contributed by atoms with Gasteiger partial charge in [0.05, 0.1) is 4.58 Å². The van der Waals surface area contributed by atoms with Crippen molar-refractivity contribution >= 4 is 29.5 Å². The van der Waals surface area contributed by atoms with Gasteiger partial charge >= 0.3 is 5.97 Å². The van der Waals surface area contributed by atoms with Crippen molar-refractivity contribution in [3.8, 4) is 0 Å². The first-order chi connectivity index (χ1) is 6.22. The van der Waals surface area contributed by atoms with Crippen LogP contribution in [-0.2, 0) is 9.53 Å². The molecule has 1 aliphatic heterocycles. The summed E-state index contributed by atoms with van der Waals surface area (Å²) >= 11 is 3.90. The molecule has 0 aromatic rings. The lowest BCUT2D eigenvalue weighted by atomic mass is 10.3. The van der Waals surface area contributed by atoms with E-state index in [1.807, 2.05) is 30.4 Å². The molecule has 1 rings (SSSR count). The highest BCUT2D eigenvalue weighted by Crippen LogP contribution is 2.35. The van der Waals surface area contributed by atoms with Crippen LogP contribution in [0.1, 0.15) is 13.3 Å². The zero-order valence-electron chi connectivity index (χ0n) is 7.69. The van der Waals surface area contributed by atoms with E-state index in [1.54, 1.807) is 0 Å². The van der Waals surface area contributed by atoms with E-state index in [2.05, 4.69) is 6.58 Å². The maximum atomic E-state index is 10.8. The Morgan fingerprint density at radius 3 is 2.85 bits per heavy atom. The van der Waals surface area contributed by atoms with Crippen molar-refractivity contribution in [2.24, 2.45) is 0 Å². The zero-order chi connectivity index (χ0) is 9.68. The van der Waals surface area contributed by atoms with Crippen molar-refractivity contribution in [1.82, 2.24) is 0 Å². The summed E-state index contributed by atoms with van der Waals surface area (Å²) in [6.45, 7) is 5.29. The van der Waals surface area contributed by atoms with Crippen molar-refractivity contribution < 1.29 is 9.53 Å². The predicted octanol–water partition coefficient (Wildman–Crippen LogP) is 2.30. The molecule has 0 radical (unpaired) electrons. The molecule has 13 heavy (non-hydrogen) atoms. The molecule has 74 valence electrons. The Bertz CT molecular complexity index is 188. The fourth-order valence-corrected chi connectivity index (χ4v) is 4.18. The molecule has 1 fully saturated rings. The Morgan fingerprint density at radius 2 is 2.31 bits per heavy atom. The lowest BCUT2D eigenvalue weighted by Gasteiger charge is -2.14. The van der Waals surface area contributed by atoms with E-state index < -0.39 is 0 Å². The minimum Gasteiger partial charge on any atom is -0.459 e. The quantitative estimate of drug-likeness (QED) is 0.534. The number of hydrogen-bond donors (Lipinski definition) is 0. The summed E-state index contributed by atoms with van der Waals surface area (Å²) < 4.78 is 5.68. The number of carbonyl (C=O) groups excluding carboxylic acids is 1. The van der Waals surface area contributed by atoms with E-state index in [0.717, 1.165) is 6.42 Å².